The van der Waals surface area contributed by atoms with Crippen LogP contribution in [0.3, 0.4) is 0 Å². The molecule has 1 aromatic heterocycles. The molecule has 0 aliphatic heterocycles. The molecule has 0 fully saturated rings. The summed E-state index contributed by atoms with van der Waals surface area (Å²) in [5.74, 6) is 5.77. The number of rotatable bonds is 8. The summed E-state index contributed by atoms with van der Waals surface area (Å²) in [7, 11) is 0. The van der Waals surface area contributed by atoms with Gasteiger partial charge in [0.25, 0.3) is 5.91 Å². The lowest BCUT2D eigenvalue weighted by molar-refractivity contribution is 0.0934. The zero-order valence-corrected chi connectivity index (χ0v) is 13.6. The quantitative estimate of drug-likeness (QED) is 0.391. The van der Waals surface area contributed by atoms with Crippen LogP contribution in [0.25, 0.3) is 0 Å². The minimum absolute atomic E-state index is 0.0828. The summed E-state index contributed by atoms with van der Waals surface area (Å²) >= 11 is 0. The van der Waals surface area contributed by atoms with E-state index in [-0.39, 0.29) is 11.3 Å². The predicted octanol–water partition coefficient (Wildman–Crippen LogP) is 3.01. The lowest BCUT2D eigenvalue weighted by Gasteiger charge is -2.25. The molecular weight excluding hydrogens is 264 g/mol. The van der Waals surface area contributed by atoms with Crippen LogP contribution in [0.2, 0.25) is 0 Å². The van der Waals surface area contributed by atoms with Gasteiger partial charge in [-0.05, 0) is 30.9 Å². The Hall–Kier alpha value is -1.62. The average Bonchev–Trinajstić information content (AvgIpc) is 2.44. The summed E-state index contributed by atoms with van der Waals surface area (Å²) < 4.78 is 0. The second-order valence-corrected chi connectivity index (χ2v) is 6.33. The summed E-state index contributed by atoms with van der Waals surface area (Å²) in [5, 5.41) is 3.01. The SMILES string of the molecule is CCCCCC(C)(C)CNC(=O)c1cc(C)nc(NN)c1. The van der Waals surface area contributed by atoms with Crippen molar-refractivity contribution < 1.29 is 4.79 Å². The number of hydrogen-bond acceptors (Lipinski definition) is 4. The van der Waals surface area contributed by atoms with Gasteiger partial charge in [-0.25, -0.2) is 10.8 Å². The van der Waals surface area contributed by atoms with E-state index in [4.69, 9.17) is 5.84 Å². The number of unbranched alkanes of at least 4 members (excludes halogenated alkanes) is 2. The molecule has 0 aliphatic rings. The predicted molar refractivity (Wildman–Crippen MR) is 87.0 cm³/mol. The van der Waals surface area contributed by atoms with E-state index in [1.54, 1.807) is 12.1 Å². The van der Waals surface area contributed by atoms with Gasteiger partial charge in [0.15, 0.2) is 0 Å². The fraction of sp³-hybridized carbons (Fsp3) is 0.625. The smallest absolute Gasteiger partial charge is 0.251 e. The van der Waals surface area contributed by atoms with Gasteiger partial charge in [-0.2, -0.15) is 0 Å². The summed E-state index contributed by atoms with van der Waals surface area (Å²) in [5.41, 5.74) is 3.94. The van der Waals surface area contributed by atoms with E-state index in [0.717, 1.165) is 12.1 Å². The summed E-state index contributed by atoms with van der Waals surface area (Å²) in [6.45, 7) is 9.08. The van der Waals surface area contributed by atoms with Crippen molar-refractivity contribution in [3.63, 3.8) is 0 Å². The number of nitrogens with one attached hydrogen (secondary N) is 2. The number of hydrogen-bond donors (Lipinski definition) is 3. The van der Waals surface area contributed by atoms with Crippen LogP contribution >= 0.6 is 0 Å². The van der Waals surface area contributed by atoms with Gasteiger partial charge in [-0.3, -0.25) is 4.79 Å². The van der Waals surface area contributed by atoms with Gasteiger partial charge in [0.2, 0.25) is 0 Å². The lowest BCUT2D eigenvalue weighted by atomic mass is 9.87. The molecule has 0 saturated carbocycles. The zero-order valence-electron chi connectivity index (χ0n) is 13.6. The van der Waals surface area contributed by atoms with E-state index in [9.17, 15) is 4.79 Å². The highest BCUT2D eigenvalue weighted by molar-refractivity contribution is 5.95. The Morgan fingerprint density at radius 2 is 2.05 bits per heavy atom. The second-order valence-electron chi connectivity index (χ2n) is 6.33. The van der Waals surface area contributed by atoms with Gasteiger partial charge in [0.05, 0.1) is 0 Å². The number of amides is 1. The molecule has 0 atom stereocenters. The normalized spacial score (nSPS) is 11.3. The van der Waals surface area contributed by atoms with Crippen molar-refractivity contribution in [2.24, 2.45) is 11.3 Å². The van der Waals surface area contributed by atoms with Gasteiger partial charge >= 0.3 is 0 Å². The molecule has 1 amide bonds. The molecule has 0 saturated heterocycles. The molecular formula is C16H28N4O. The van der Waals surface area contributed by atoms with Crippen LogP contribution < -0.4 is 16.6 Å². The van der Waals surface area contributed by atoms with Crippen LogP contribution in [0.15, 0.2) is 12.1 Å². The molecule has 0 aliphatic carbocycles. The number of aryl methyl sites for hydroxylation is 1. The maximum atomic E-state index is 12.2. The third kappa shape index (κ3) is 6.12. The highest BCUT2D eigenvalue weighted by atomic mass is 16.1. The number of carbonyl (C=O) groups excluding carboxylic acids is 1. The first-order chi connectivity index (χ1) is 9.88. The second kappa shape index (κ2) is 7.98. The first-order valence-corrected chi connectivity index (χ1v) is 7.61. The molecule has 0 aromatic carbocycles. The standard InChI is InChI=1S/C16H28N4O/c1-5-6-7-8-16(3,4)11-18-15(21)13-9-12(2)19-14(10-13)20-17/h9-10H,5-8,11,17H2,1-4H3,(H,18,21)(H,19,20). The van der Waals surface area contributed by atoms with E-state index < -0.39 is 0 Å². The Morgan fingerprint density at radius 1 is 1.33 bits per heavy atom. The number of nitrogens with two attached hydrogens (primary N) is 1. The van der Waals surface area contributed by atoms with E-state index >= 15 is 0 Å². The molecule has 1 aromatic rings. The Balaban J connectivity index is 2.59. The van der Waals surface area contributed by atoms with Crippen molar-refractivity contribution in [2.45, 2.75) is 53.4 Å². The lowest BCUT2D eigenvalue weighted by Crippen LogP contribution is -2.34. The van der Waals surface area contributed by atoms with Crippen molar-refractivity contribution in [1.29, 1.82) is 0 Å². The molecule has 4 N–H and O–H groups in total. The van der Waals surface area contributed by atoms with Gasteiger partial charge in [-0.15, -0.1) is 0 Å². The number of nitrogen functional groups attached to an aromatic ring is 1. The maximum absolute atomic E-state index is 12.2. The Morgan fingerprint density at radius 3 is 2.67 bits per heavy atom. The third-order valence-corrected chi connectivity index (χ3v) is 3.55. The number of anilines is 1. The highest BCUT2D eigenvalue weighted by Gasteiger charge is 2.19. The molecule has 1 heterocycles. The molecule has 118 valence electrons. The van der Waals surface area contributed by atoms with Gasteiger partial charge in [0.1, 0.15) is 5.82 Å². The number of carbonyl (C=O) groups is 1. The minimum Gasteiger partial charge on any atom is -0.351 e. The number of nitrogens with zero attached hydrogens (tertiary/aromatic N) is 1. The van der Waals surface area contributed by atoms with Crippen LogP contribution in [0.4, 0.5) is 5.82 Å². The topological polar surface area (TPSA) is 80.0 Å². The van der Waals surface area contributed by atoms with Crippen LogP contribution in [-0.4, -0.2) is 17.4 Å². The molecule has 0 spiro atoms. The molecule has 5 heteroatoms. The third-order valence-electron chi connectivity index (χ3n) is 3.55. The van der Waals surface area contributed by atoms with Crippen LogP contribution in [0, 0.1) is 12.3 Å². The first-order valence-electron chi connectivity index (χ1n) is 7.61. The van der Waals surface area contributed by atoms with Gasteiger partial charge in [-0.1, -0.05) is 40.0 Å². The van der Waals surface area contributed by atoms with Crippen molar-refractivity contribution >= 4 is 11.7 Å². The van der Waals surface area contributed by atoms with Gasteiger partial charge < -0.3 is 10.7 Å². The summed E-state index contributed by atoms with van der Waals surface area (Å²) in [6.07, 6.45) is 4.78. The maximum Gasteiger partial charge on any atom is 0.251 e. The monoisotopic (exact) mass is 292 g/mol. The average molecular weight is 292 g/mol. The largest absolute Gasteiger partial charge is 0.351 e. The molecule has 0 unspecified atom stereocenters. The molecule has 5 nitrogen and oxygen atoms in total. The summed E-state index contributed by atoms with van der Waals surface area (Å²) in [6, 6.07) is 3.42. The van der Waals surface area contributed by atoms with Crippen molar-refractivity contribution in [3.05, 3.63) is 23.4 Å². The number of pyridine rings is 1. The number of hydrazine groups is 1. The van der Waals surface area contributed by atoms with E-state index in [1.807, 2.05) is 6.92 Å². The fourth-order valence-corrected chi connectivity index (χ4v) is 2.24. The Kier molecular flexibility index (Phi) is 6.62. The molecule has 21 heavy (non-hydrogen) atoms. The van der Waals surface area contributed by atoms with Crippen LogP contribution in [0.1, 0.15) is 62.5 Å². The van der Waals surface area contributed by atoms with Crippen molar-refractivity contribution in [3.8, 4) is 0 Å². The molecule has 0 bridgehead atoms. The highest BCUT2D eigenvalue weighted by Crippen LogP contribution is 2.22. The Labute approximate surface area is 127 Å². The minimum atomic E-state index is -0.0828. The Bertz CT molecular complexity index is 471. The van der Waals surface area contributed by atoms with E-state index in [2.05, 4.69) is 36.5 Å². The van der Waals surface area contributed by atoms with Crippen LogP contribution in [-0.2, 0) is 0 Å². The number of aromatic nitrogens is 1. The first kappa shape index (κ1) is 17.4. The molecule has 0 radical (unpaired) electrons. The van der Waals surface area contributed by atoms with E-state index in [0.29, 0.717) is 17.9 Å². The zero-order chi connectivity index (χ0) is 15.9. The van der Waals surface area contributed by atoms with Crippen LogP contribution in [0.5, 0.6) is 0 Å². The van der Waals surface area contributed by atoms with Crippen molar-refractivity contribution in [2.75, 3.05) is 12.0 Å². The van der Waals surface area contributed by atoms with Gasteiger partial charge in [0, 0.05) is 17.8 Å². The van der Waals surface area contributed by atoms with Crippen molar-refractivity contribution in [1.82, 2.24) is 10.3 Å². The molecule has 1 rings (SSSR count). The fourth-order valence-electron chi connectivity index (χ4n) is 2.24. The van der Waals surface area contributed by atoms with E-state index in [1.165, 1.54) is 19.3 Å². The summed E-state index contributed by atoms with van der Waals surface area (Å²) in [4.78, 5) is 16.4.